The number of amides is 2. The third kappa shape index (κ3) is 5.28. The van der Waals surface area contributed by atoms with Gasteiger partial charge in [0.25, 0.3) is 5.91 Å². The van der Waals surface area contributed by atoms with Crippen molar-refractivity contribution in [3.05, 3.63) is 78.4 Å². The second kappa shape index (κ2) is 10.4. The van der Waals surface area contributed by atoms with E-state index in [1.807, 2.05) is 82.6 Å². The highest BCUT2D eigenvalue weighted by molar-refractivity contribution is 5.96. The average Bonchev–Trinajstić information content (AvgIpc) is 2.93. The molecule has 0 radical (unpaired) electrons. The van der Waals surface area contributed by atoms with Crippen LogP contribution in [0.4, 0.5) is 0 Å². The Bertz CT molecular complexity index is 1110. The van der Waals surface area contributed by atoms with E-state index < -0.39 is 0 Å². The molecule has 0 unspecified atom stereocenters. The van der Waals surface area contributed by atoms with Crippen molar-refractivity contribution in [2.75, 3.05) is 39.3 Å². The van der Waals surface area contributed by atoms with E-state index in [2.05, 4.69) is 4.90 Å². The van der Waals surface area contributed by atoms with Crippen molar-refractivity contribution in [1.29, 1.82) is 0 Å². The summed E-state index contributed by atoms with van der Waals surface area (Å²) in [5.74, 6) is 0.230. The van der Waals surface area contributed by atoms with Gasteiger partial charge in [-0.15, -0.1) is 0 Å². The number of benzene rings is 2. The molecule has 2 aliphatic heterocycles. The number of rotatable bonds is 4. The molecule has 0 spiro atoms. The van der Waals surface area contributed by atoms with Crippen molar-refractivity contribution in [2.45, 2.75) is 25.8 Å². The lowest BCUT2D eigenvalue weighted by atomic mass is 10.0. The summed E-state index contributed by atoms with van der Waals surface area (Å²) in [4.78, 5) is 36.5. The topological polar surface area (TPSA) is 56.8 Å². The van der Waals surface area contributed by atoms with Gasteiger partial charge in [-0.3, -0.25) is 14.5 Å². The molecule has 5 rings (SSSR count). The largest absolute Gasteiger partial charge is 0.343 e. The SMILES string of the molecule is CC(=O)N1CCC(N2CCN(C(=O)c3cc(-c4ccccc4)nc(-c4ccccc4)c3)CC2)CC1. The number of carbonyl (C=O) groups excluding carboxylic acids is 2. The zero-order valence-corrected chi connectivity index (χ0v) is 20.3. The lowest BCUT2D eigenvalue weighted by molar-refractivity contribution is -0.130. The van der Waals surface area contributed by atoms with Crippen LogP contribution in [-0.2, 0) is 4.79 Å². The van der Waals surface area contributed by atoms with Crippen LogP contribution in [0.2, 0.25) is 0 Å². The fourth-order valence-electron chi connectivity index (χ4n) is 5.19. The maximum absolute atomic E-state index is 13.6. The Kier molecular flexibility index (Phi) is 6.91. The number of hydrogen-bond acceptors (Lipinski definition) is 4. The first-order valence-corrected chi connectivity index (χ1v) is 12.5. The van der Waals surface area contributed by atoms with Crippen molar-refractivity contribution in [2.24, 2.45) is 0 Å². The molecule has 0 bridgehead atoms. The van der Waals surface area contributed by atoms with E-state index in [1.165, 1.54) is 0 Å². The van der Waals surface area contributed by atoms with Crippen LogP contribution in [0.25, 0.3) is 22.5 Å². The summed E-state index contributed by atoms with van der Waals surface area (Å²) in [7, 11) is 0. The number of nitrogens with zero attached hydrogens (tertiary/aromatic N) is 4. The van der Waals surface area contributed by atoms with Crippen LogP contribution in [0.3, 0.4) is 0 Å². The summed E-state index contributed by atoms with van der Waals surface area (Å²) in [6.45, 7) is 6.50. The predicted octanol–water partition coefficient (Wildman–Crippen LogP) is 4.18. The van der Waals surface area contributed by atoms with E-state index in [0.717, 1.165) is 74.6 Å². The van der Waals surface area contributed by atoms with Crippen LogP contribution >= 0.6 is 0 Å². The molecule has 3 heterocycles. The van der Waals surface area contributed by atoms with Crippen LogP contribution < -0.4 is 0 Å². The monoisotopic (exact) mass is 468 g/mol. The van der Waals surface area contributed by atoms with Gasteiger partial charge in [0.2, 0.25) is 5.91 Å². The van der Waals surface area contributed by atoms with E-state index in [4.69, 9.17) is 4.98 Å². The Morgan fingerprint density at radius 3 is 1.71 bits per heavy atom. The maximum atomic E-state index is 13.6. The van der Waals surface area contributed by atoms with Crippen molar-refractivity contribution < 1.29 is 9.59 Å². The second-order valence-electron chi connectivity index (χ2n) is 9.42. The van der Waals surface area contributed by atoms with Gasteiger partial charge in [-0.05, 0) is 25.0 Å². The van der Waals surface area contributed by atoms with Gasteiger partial charge in [-0.25, -0.2) is 4.98 Å². The predicted molar refractivity (Wildman–Crippen MR) is 138 cm³/mol. The van der Waals surface area contributed by atoms with Gasteiger partial charge in [0, 0.05) is 68.9 Å². The third-order valence-electron chi connectivity index (χ3n) is 7.24. The molecule has 35 heavy (non-hydrogen) atoms. The summed E-state index contributed by atoms with van der Waals surface area (Å²) < 4.78 is 0. The van der Waals surface area contributed by atoms with E-state index >= 15 is 0 Å². The summed E-state index contributed by atoms with van der Waals surface area (Å²) in [5, 5.41) is 0. The second-order valence-corrected chi connectivity index (χ2v) is 9.42. The van der Waals surface area contributed by atoms with Crippen molar-refractivity contribution in [3.8, 4) is 22.5 Å². The Balaban J connectivity index is 1.32. The molecule has 0 saturated carbocycles. The molecule has 2 amide bonds. The number of likely N-dealkylation sites (tertiary alicyclic amines) is 1. The van der Waals surface area contributed by atoms with Crippen molar-refractivity contribution in [1.82, 2.24) is 19.7 Å². The number of piperidine rings is 1. The smallest absolute Gasteiger partial charge is 0.254 e. The fraction of sp³-hybridized carbons (Fsp3) is 0.345. The van der Waals surface area contributed by atoms with Crippen LogP contribution in [-0.4, -0.2) is 76.8 Å². The number of aromatic nitrogens is 1. The highest BCUT2D eigenvalue weighted by atomic mass is 16.2. The molecule has 0 aliphatic carbocycles. The number of hydrogen-bond donors (Lipinski definition) is 0. The molecular formula is C29H32N4O2. The molecule has 1 aromatic heterocycles. The first-order valence-electron chi connectivity index (χ1n) is 12.5. The first-order chi connectivity index (χ1) is 17.1. The van der Waals surface area contributed by atoms with Gasteiger partial charge in [0.15, 0.2) is 0 Å². The molecule has 2 aliphatic rings. The Morgan fingerprint density at radius 2 is 1.23 bits per heavy atom. The summed E-state index contributed by atoms with van der Waals surface area (Å²) >= 11 is 0. The third-order valence-corrected chi connectivity index (χ3v) is 7.24. The fourth-order valence-corrected chi connectivity index (χ4v) is 5.19. The number of carbonyl (C=O) groups is 2. The van der Waals surface area contributed by atoms with Crippen LogP contribution in [0.5, 0.6) is 0 Å². The standard InChI is InChI=1S/C29H32N4O2/c1-22(34)31-14-12-26(13-15-31)32-16-18-33(19-17-32)29(35)25-20-27(23-8-4-2-5-9-23)30-28(21-25)24-10-6-3-7-11-24/h2-11,20-21,26H,12-19H2,1H3. The minimum absolute atomic E-state index is 0.0628. The summed E-state index contributed by atoms with van der Waals surface area (Å²) in [6.07, 6.45) is 2.03. The van der Waals surface area contributed by atoms with Gasteiger partial charge in [0.05, 0.1) is 11.4 Å². The lowest BCUT2D eigenvalue weighted by Crippen LogP contribution is -2.54. The van der Waals surface area contributed by atoms with Crippen LogP contribution in [0.1, 0.15) is 30.1 Å². The Hall–Kier alpha value is -3.51. The number of pyridine rings is 1. The Labute approximate surface area is 207 Å². The quantitative estimate of drug-likeness (QED) is 0.576. The summed E-state index contributed by atoms with van der Waals surface area (Å²) in [6, 6.07) is 24.4. The minimum atomic E-state index is 0.0628. The van der Waals surface area contributed by atoms with Gasteiger partial charge >= 0.3 is 0 Å². The molecule has 180 valence electrons. The van der Waals surface area contributed by atoms with Crippen molar-refractivity contribution in [3.63, 3.8) is 0 Å². The lowest BCUT2D eigenvalue weighted by Gasteiger charge is -2.42. The average molecular weight is 469 g/mol. The zero-order chi connectivity index (χ0) is 24.2. The highest BCUT2D eigenvalue weighted by Crippen LogP contribution is 2.26. The van der Waals surface area contributed by atoms with Crippen molar-refractivity contribution >= 4 is 11.8 Å². The van der Waals surface area contributed by atoms with Gasteiger partial charge in [0.1, 0.15) is 0 Å². The molecular weight excluding hydrogens is 436 g/mol. The highest BCUT2D eigenvalue weighted by Gasteiger charge is 2.30. The van der Waals surface area contributed by atoms with Gasteiger partial charge < -0.3 is 9.80 Å². The zero-order valence-electron chi connectivity index (χ0n) is 20.3. The van der Waals surface area contributed by atoms with Gasteiger partial charge in [-0.1, -0.05) is 60.7 Å². The number of piperazine rings is 1. The van der Waals surface area contributed by atoms with E-state index in [-0.39, 0.29) is 11.8 Å². The molecule has 6 heteroatoms. The molecule has 0 atom stereocenters. The minimum Gasteiger partial charge on any atom is -0.343 e. The van der Waals surface area contributed by atoms with Crippen LogP contribution in [0, 0.1) is 0 Å². The molecule has 2 saturated heterocycles. The van der Waals surface area contributed by atoms with E-state index in [0.29, 0.717) is 11.6 Å². The van der Waals surface area contributed by atoms with Gasteiger partial charge in [-0.2, -0.15) is 0 Å². The van der Waals surface area contributed by atoms with E-state index in [9.17, 15) is 9.59 Å². The normalized spacial score (nSPS) is 17.4. The van der Waals surface area contributed by atoms with Crippen LogP contribution in [0.15, 0.2) is 72.8 Å². The summed E-state index contributed by atoms with van der Waals surface area (Å²) in [5.41, 5.74) is 4.31. The molecule has 0 N–H and O–H groups in total. The van der Waals surface area contributed by atoms with E-state index in [1.54, 1.807) is 6.92 Å². The molecule has 2 aromatic carbocycles. The first kappa shape index (κ1) is 23.2. The molecule has 3 aromatic rings. The Morgan fingerprint density at radius 1 is 0.714 bits per heavy atom. The maximum Gasteiger partial charge on any atom is 0.254 e. The molecule has 2 fully saturated rings. The molecule has 6 nitrogen and oxygen atoms in total.